The molecule has 4 rings (SSSR count). The van der Waals surface area contributed by atoms with Crippen LogP contribution in [0.5, 0.6) is 0 Å². The van der Waals surface area contributed by atoms with Crippen LogP contribution in [0.15, 0.2) is 53.6 Å². The molecular formula is C22H17F4N3O. The zero-order valence-corrected chi connectivity index (χ0v) is 16.4. The van der Waals surface area contributed by atoms with E-state index in [1.807, 2.05) is 0 Å². The van der Waals surface area contributed by atoms with E-state index >= 15 is 0 Å². The summed E-state index contributed by atoms with van der Waals surface area (Å²) >= 11 is 0. The monoisotopic (exact) mass is 415 g/mol. The van der Waals surface area contributed by atoms with Gasteiger partial charge in [0.1, 0.15) is 23.3 Å². The fraction of sp³-hybridized carbons (Fsp3) is 0.182. The van der Waals surface area contributed by atoms with Crippen molar-refractivity contribution in [2.75, 3.05) is 0 Å². The largest absolute Gasteiger partial charge is 0.277 e. The summed E-state index contributed by atoms with van der Waals surface area (Å²) in [7, 11) is 1.44. The summed E-state index contributed by atoms with van der Waals surface area (Å²) in [6, 6.07) is 6.66. The molecule has 4 nitrogen and oxygen atoms in total. The highest BCUT2D eigenvalue weighted by molar-refractivity contribution is 5.77. The first-order valence-electron chi connectivity index (χ1n) is 9.10. The van der Waals surface area contributed by atoms with Gasteiger partial charge in [-0.2, -0.15) is 0 Å². The van der Waals surface area contributed by atoms with E-state index in [0.29, 0.717) is 5.56 Å². The van der Waals surface area contributed by atoms with Crippen LogP contribution < -0.4 is 5.56 Å². The van der Waals surface area contributed by atoms with Gasteiger partial charge in [0.25, 0.3) is 5.56 Å². The predicted molar refractivity (Wildman–Crippen MR) is 104 cm³/mol. The van der Waals surface area contributed by atoms with Gasteiger partial charge in [0.05, 0.1) is 11.1 Å². The van der Waals surface area contributed by atoms with Crippen molar-refractivity contribution >= 4 is 5.65 Å². The van der Waals surface area contributed by atoms with E-state index < -0.39 is 39.8 Å². The molecule has 0 aliphatic rings. The Balaban J connectivity index is 1.95. The second-order valence-electron chi connectivity index (χ2n) is 7.56. The molecule has 0 radical (unpaired) electrons. The van der Waals surface area contributed by atoms with E-state index in [1.165, 1.54) is 34.6 Å². The Hall–Kier alpha value is -3.42. The van der Waals surface area contributed by atoms with Gasteiger partial charge in [-0.25, -0.2) is 31.7 Å². The van der Waals surface area contributed by atoms with Gasteiger partial charge >= 0.3 is 0 Å². The Labute approximate surface area is 169 Å². The Morgan fingerprint density at radius 3 is 2.23 bits per heavy atom. The minimum atomic E-state index is -0.928. The minimum Gasteiger partial charge on any atom is -0.267 e. The summed E-state index contributed by atoms with van der Waals surface area (Å²) in [6.07, 6.45) is 2.97. The summed E-state index contributed by atoms with van der Waals surface area (Å²) < 4.78 is 58.9. The molecular weight excluding hydrogens is 398 g/mol. The molecule has 4 aromatic rings. The average molecular weight is 415 g/mol. The van der Waals surface area contributed by atoms with Gasteiger partial charge < -0.3 is 0 Å². The summed E-state index contributed by atoms with van der Waals surface area (Å²) in [6.45, 7) is 3.45. The normalized spacial score (nSPS) is 12.0. The third-order valence-corrected chi connectivity index (χ3v) is 5.40. The fourth-order valence-corrected chi connectivity index (χ4v) is 3.61. The van der Waals surface area contributed by atoms with Crippen molar-refractivity contribution in [3.63, 3.8) is 0 Å². The van der Waals surface area contributed by atoms with E-state index in [-0.39, 0.29) is 16.8 Å². The van der Waals surface area contributed by atoms with Crippen LogP contribution in [0.4, 0.5) is 17.6 Å². The molecule has 0 saturated heterocycles. The van der Waals surface area contributed by atoms with Gasteiger partial charge in [-0.05, 0) is 29.3 Å². The van der Waals surface area contributed by atoms with Crippen LogP contribution in [0.25, 0.3) is 16.8 Å². The standard InChI is InChI=1S/C22H17F4N3O/c1-22(2,14-8-7-13(23)9-17(14)26)12-10-27-20-19(21(30)28(3)29(20)11-12)18-15(24)5-4-6-16(18)25/h4-11H,1-3H3. The molecule has 2 aromatic heterocycles. The Morgan fingerprint density at radius 1 is 0.933 bits per heavy atom. The lowest BCUT2D eigenvalue weighted by molar-refractivity contribution is 0.527. The SMILES string of the molecule is Cn1c(=O)c(-c2c(F)cccc2F)c2ncc(C(C)(C)c3ccc(F)cc3F)cn21. The first-order valence-corrected chi connectivity index (χ1v) is 9.10. The Bertz CT molecular complexity index is 1330. The molecule has 2 heterocycles. The molecule has 154 valence electrons. The van der Waals surface area contributed by atoms with Crippen molar-refractivity contribution in [2.24, 2.45) is 7.05 Å². The molecule has 0 spiro atoms. The molecule has 30 heavy (non-hydrogen) atoms. The number of aromatic nitrogens is 3. The van der Waals surface area contributed by atoms with E-state index in [1.54, 1.807) is 20.0 Å². The van der Waals surface area contributed by atoms with Gasteiger partial charge in [-0.15, -0.1) is 0 Å². The summed E-state index contributed by atoms with van der Waals surface area (Å²) in [4.78, 5) is 17.1. The van der Waals surface area contributed by atoms with E-state index in [9.17, 15) is 22.4 Å². The Kier molecular flexibility index (Phi) is 4.52. The first kappa shape index (κ1) is 19.9. The van der Waals surface area contributed by atoms with Crippen LogP contribution >= 0.6 is 0 Å². The summed E-state index contributed by atoms with van der Waals surface area (Å²) in [5.74, 6) is -3.15. The smallest absolute Gasteiger partial charge is 0.267 e. The van der Waals surface area contributed by atoms with Crippen LogP contribution in [-0.2, 0) is 12.5 Å². The van der Waals surface area contributed by atoms with Crippen LogP contribution in [0, 0.1) is 23.3 Å². The fourth-order valence-electron chi connectivity index (χ4n) is 3.61. The summed E-state index contributed by atoms with van der Waals surface area (Å²) in [5.41, 5.74) is -1.40. The lowest BCUT2D eigenvalue weighted by Crippen LogP contribution is -2.23. The molecule has 0 atom stereocenters. The van der Waals surface area contributed by atoms with Crippen molar-refractivity contribution in [3.8, 4) is 11.1 Å². The maximum absolute atomic E-state index is 14.4. The summed E-state index contributed by atoms with van der Waals surface area (Å²) in [5, 5.41) is 0. The lowest BCUT2D eigenvalue weighted by Gasteiger charge is -2.26. The van der Waals surface area contributed by atoms with Gasteiger partial charge in [0.2, 0.25) is 0 Å². The van der Waals surface area contributed by atoms with Crippen molar-refractivity contribution in [2.45, 2.75) is 19.3 Å². The third kappa shape index (κ3) is 2.91. The average Bonchev–Trinajstić information content (AvgIpc) is 2.92. The molecule has 0 aliphatic carbocycles. The zero-order valence-electron chi connectivity index (χ0n) is 16.4. The first-order chi connectivity index (χ1) is 14.1. The van der Waals surface area contributed by atoms with Gasteiger partial charge in [0.15, 0.2) is 5.65 Å². The molecule has 0 fully saturated rings. The van der Waals surface area contributed by atoms with E-state index in [0.717, 1.165) is 24.3 Å². The van der Waals surface area contributed by atoms with Gasteiger partial charge in [-0.3, -0.25) is 4.79 Å². The third-order valence-electron chi connectivity index (χ3n) is 5.40. The van der Waals surface area contributed by atoms with E-state index in [4.69, 9.17) is 0 Å². The van der Waals surface area contributed by atoms with Crippen LogP contribution in [-0.4, -0.2) is 14.2 Å². The molecule has 0 unspecified atom stereocenters. The van der Waals surface area contributed by atoms with Crippen LogP contribution in [0.2, 0.25) is 0 Å². The van der Waals surface area contributed by atoms with Crippen molar-refractivity contribution in [1.82, 2.24) is 14.2 Å². The minimum absolute atomic E-state index is 0.0608. The second kappa shape index (κ2) is 6.83. The number of halogens is 4. The molecule has 2 aromatic carbocycles. The van der Waals surface area contributed by atoms with Crippen LogP contribution in [0.1, 0.15) is 25.0 Å². The highest BCUT2D eigenvalue weighted by atomic mass is 19.1. The Morgan fingerprint density at radius 2 is 1.60 bits per heavy atom. The number of hydrogen-bond donors (Lipinski definition) is 0. The molecule has 0 N–H and O–H groups in total. The van der Waals surface area contributed by atoms with Crippen molar-refractivity contribution < 1.29 is 17.6 Å². The van der Waals surface area contributed by atoms with Gasteiger partial charge in [0, 0.05) is 30.9 Å². The number of nitrogens with zero attached hydrogens (tertiary/aromatic N) is 3. The van der Waals surface area contributed by atoms with E-state index in [2.05, 4.69) is 4.98 Å². The quantitative estimate of drug-likeness (QED) is 0.460. The topological polar surface area (TPSA) is 39.3 Å². The highest BCUT2D eigenvalue weighted by Gasteiger charge is 2.29. The van der Waals surface area contributed by atoms with Crippen molar-refractivity contribution in [1.29, 1.82) is 0 Å². The number of aryl methyl sites for hydroxylation is 1. The molecule has 0 saturated carbocycles. The maximum Gasteiger partial charge on any atom is 0.277 e. The van der Waals surface area contributed by atoms with Crippen molar-refractivity contribution in [3.05, 3.63) is 93.5 Å². The highest BCUT2D eigenvalue weighted by Crippen LogP contribution is 2.34. The lowest BCUT2D eigenvalue weighted by atomic mass is 9.79. The number of benzene rings is 2. The van der Waals surface area contributed by atoms with Gasteiger partial charge in [-0.1, -0.05) is 26.0 Å². The number of hydrogen-bond acceptors (Lipinski definition) is 2. The number of fused-ring (bicyclic) bond motifs is 1. The molecule has 0 amide bonds. The zero-order chi connectivity index (χ0) is 21.8. The molecule has 0 aliphatic heterocycles. The predicted octanol–water partition coefficient (Wildman–Crippen LogP) is 4.58. The molecule has 0 bridgehead atoms. The maximum atomic E-state index is 14.4. The second-order valence-corrected chi connectivity index (χ2v) is 7.56. The van der Waals surface area contributed by atoms with Crippen LogP contribution in [0.3, 0.4) is 0 Å². The molecule has 8 heteroatoms. The number of rotatable bonds is 3.